The monoisotopic (exact) mass is 447 g/mol. The van der Waals surface area contributed by atoms with Crippen LogP contribution in [-0.2, 0) is 6.42 Å². The molecule has 30 heavy (non-hydrogen) atoms. The fourth-order valence-corrected chi connectivity index (χ4v) is 4.60. The predicted octanol–water partition coefficient (Wildman–Crippen LogP) is 6.85. The van der Waals surface area contributed by atoms with Crippen molar-refractivity contribution in [3.63, 3.8) is 0 Å². The molecule has 4 rings (SSSR count). The van der Waals surface area contributed by atoms with Crippen molar-refractivity contribution >= 4 is 38.8 Å². The highest BCUT2D eigenvalue weighted by Gasteiger charge is 2.37. The van der Waals surface area contributed by atoms with Crippen molar-refractivity contribution in [3.8, 4) is 11.3 Å². The number of pyridine rings is 2. The van der Waals surface area contributed by atoms with Crippen molar-refractivity contribution in [3.05, 3.63) is 75.9 Å². The molecule has 3 nitrogen and oxygen atoms in total. The summed E-state index contributed by atoms with van der Waals surface area (Å²) in [4.78, 5) is 9.66. The quantitative estimate of drug-likeness (QED) is 0.372. The molecule has 154 valence electrons. The van der Waals surface area contributed by atoms with Crippen LogP contribution < -0.4 is 5.73 Å². The van der Waals surface area contributed by atoms with E-state index in [2.05, 4.69) is 9.97 Å². The van der Waals surface area contributed by atoms with Crippen LogP contribution in [0.2, 0.25) is 5.02 Å². The van der Waals surface area contributed by atoms with Gasteiger partial charge in [-0.25, -0.2) is 4.98 Å². The zero-order valence-electron chi connectivity index (χ0n) is 15.9. The van der Waals surface area contributed by atoms with Crippen molar-refractivity contribution in [2.24, 2.45) is 0 Å². The summed E-state index contributed by atoms with van der Waals surface area (Å²) in [5, 5.41) is 1.53. The van der Waals surface area contributed by atoms with E-state index >= 15 is 0 Å². The zero-order valence-corrected chi connectivity index (χ0v) is 17.4. The van der Waals surface area contributed by atoms with E-state index in [0.29, 0.717) is 28.6 Å². The Hall–Kier alpha value is -2.64. The third-order valence-electron chi connectivity index (χ3n) is 4.93. The summed E-state index contributed by atoms with van der Waals surface area (Å²) in [5.41, 5.74) is 7.96. The molecule has 0 aliphatic rings. The third-order valence-corrected chi connectivity index (χ3v) is 6.46. The molecular formula is C22H17ClF3N3S. The molecule has 0 unspecified atom stereocenters. The van der Waals surface area contributed by atoms with Crippen LogP contribution in [-0.4, -0.2) is 16.1 Å². The molecule has 0 fully saturated rings. The molecule has 3 aromatic heterocycles. The number of hydrogen-bond donors (Lipinski definition) is 1. The first-order chi connectivity index (χ1) is 14.2. The van der Waals surface area contributed by atoms with E-state index < -0.39 is 12.1 Å². The Kier molecular flexibility index (Phi) is 5.42. The summed E-state index contributed by atoms with van der Waals surface area (Å²) < 4.78 is 40.4. The molecule has 2 N–H and O–H groups in total. The van der Waals surface area contributed by atoms with Crippen LogP contribution in [0.25, 0.3) is 21.3 Å². The zero-order chi connectivity index (χ0) is 21.5. The normalized spacial score (nSPS) is 13.0. The number of nitrogens with zero attached hydrogens (tertiary/aromatic N) is 2. The highest BCUT2D eigenvalue weighted by molar-refractivity contribution is 7.19. The van der Waals surface area contributed by atoms with E-state index in [1.54, 1.807) is 23.5 Å². The minimum Gasteiger partial charge on any atom is -0.384 e. The average Bonchev–Trinajstić information content (AvgIpc) is 3.12. The van der Waals surface area contributed by atoms with Gasteiger partial charge >= 0.3 is 6.18 Å². The Morgan fingerprint density at radius 2 is 1.93 bits per heavy atom. The number of nitrogen functional groups attached to an aromatic ring is 1. The topological polar surface area (TPSA) is 51.8 Å². The summed E-state index contributed by atoms with van der Waals surface area (Å²) in [7, 11) is 0. The maximum atomic E-state index is 13.1. The molecule has 0 spiro atoms. The van der Waals surface area contributed by atoms with Crippen LogP contribution in [0.3, 0.4) is 0 Å². The second-order valence-corrected chi connectivity index (χ2v) is 8.56. The lowest BCUT2D eigenvalue weighted by molar-refractivity contribution is -0.146. The van der Waals surface area contributed by atoms with Crippen molar-refractivity contribution in [2.45, 2.75) is 25.4 Å². The number of aromatic nitrogens is 2. The van der Waals surface area contributed by atoms with Crippen molar-refractivity contribution in [2.75, 3.05) is 5.73 Å². The molecule has 1 atom stereocenters. The van der Waals surface area contributed by atoms with Crippen LogP contribution in [0, 0.1) is 0 Å². The SMILES string of the molecule is C[C@H](c1ccnc(-c2cccc3cc(Cc4nc(N)ccc4Cl)sc23)c1)C(F)(F)F. The van der Waals surface area contributed by atoms with Gasteiger partial charge in [-0.05, 0) is 48.2 Å². The number of halogens is 4. The van der Waals surface area contributed by atoms with E-state index in [1.807, 2.05) is 24.3 Å². The van der Waals surface area contributed by atoms with Crippen LogP contribution in [0.5, 0.6) is 0 Å². The summed E-state index contributed by atoms with van der Waals surface area (Å²) in [6.45, 7) is 1.16. The highest BCUT2D eigenvalue weighted by Crippen LogP contribution is 2.38. The molecule has 8 heteroatoms. The average molecular weight is 448 g/mol. The molecular weight excluding hydrogens is 431 g/mol. The van der Waals surface area contributed by atoms with Gasteiger partial charge in [0.2, 0.25) is 0 Å². The lowest BCUT2D eigenvalue weighted by Crippen LogP contribution is -2.17. The molecule has 4 aromatic rings. The molecule has 0 saturated heterocycles. The Morgan fingerprint density at radius 3 is 2.70 bits per heavy atom. The van der Waals surface area contributed by atoms with Gasteiger partial charge in [-0.3, -0.25) is 4.98 Å². The maximum Gasteiger partial charge on any atom is 0.395 e. The van der Waals surface area contributed by atoms with Crippen LogP contribution in [0.4, 0.5) is 19.0 Å². The minimum atomic E-state index is -4.30. The molecule has 0 bridgehead atoms. The first kappa shape index (κ1) is 20.6. The number of hydrogen-bond acceptors (Lipinski definition) is 4. The number of benzene rings is 1. The lowest BCUT2D eigenvalue weighted by atomic mass is 9.99. The highest BCUT2D eigenvalue weighted by atomic mass is 35.5. The van der Waals surface area contributed by atoms with Gasteiger partial charge in [-0.1, -0.05) is 29.8 Å². The van der Waals surface area contributed by atoms with Gasteiger partial charge in [0, 0.05) is 27.8 Å². The lowest BCUT2D eigenvalue weighted by Gasteiger charge is -2.16. The van der Waals surface area contributed by atoms with E-state index in [9.17, 15) is 13.2 Å². The van der Waals surface area contributed by atoms with Crippen molar-refractivity contribution in [1.82, 2.24) is 9.97 Å². The first-order valence-corrected chi connectivity index (χ1v) is 10.4. The van der Waals surface area contributed by atoms with Gasteiger partial charge in [0.1, 0.15) is 5.82 Å². The summed E-state index contributed by atoms with van der Waals surface area (Å²) in [5.74, 6) is -1.16. The van der Waals surface area contributed by atoms with Crippen molar-refractivity contribution in [1.29, 1.82) is 0 Å². The Balaban J connectivity index is 1.74. The number of rotatable bonds is 4. The minimum absolute atomic E-state index is 0.192. The standard InChI is InChI=1S/C22H17ClF3N3S/c1-12(22(24,25)26)13-7-8-28-18(10-13)16-4-2-3-14-9-15(30-21(14)16)11-19-17(23)5-6-20(27)29-19/h2-10,12H,11H2,1H3,(H2,27,29)/t12-/m1/s1. The molecule has 1 aromatic carbocycles. The van der Waals surface area contributed by atoms with Crippen LogP contribution in [0.15, 0.2) is 54.7 Å². The largest absolute Gasteiger partial charge is 0.395 e. The summed E-state index contributed by atoms with van der Waals surface area (Å²) in [6, 6.07) is 14.0. The van der Waals surface area contributed by atoms with E-state index in [0.717, 1.165) is 27.5 Å². The van der Waals surface area contributed by atoms with Crippen LogP contribution in [0.1, 0.15) is 29.0 Å². The number of anilines is 1. The van der Waals surface area contributed by atoms with Gasteiger partial charge in [0.25, 0.3) is 0 Å². The molecule has 0 aliphatic heterocycles. The Labute approximate surface area is 180 Å². The Bertz CT molecular complexity index is 1220. The molecule has 0 saturated carbocycles. The Morgan fingerprint density at radius 1 is 1.13 bits per heavy atom. The third kappa shape index (κ3) is 4.13. The smallest absolute Gasteiger partial charge is 0.384 e. The maximum absolute atomic E-state index is 13.1. The van der Waals surface area contributed by atoms with Gasteiger partial charge in [0.15, 0.2) is 0 Å². The van der Waals surface area contributed by atoms with Crippen molar-refractivity contribution < 1.29 is 13.2 Å². The predicted molar refractivity (Wildman–Crippen MR) is 116 cm³/mol. The fraction of sp³-hybridized carbons (Fsp3) is 0.182. The van der Waals surface area contributed by atoms with Gasteiger partial charge < -0.3 is 5.73 Å². The first-order valence-electron chi connectivity index (χ1n) is 9.18. The molecule has 0 amide bonds. The van der Waals surface area contributed by atoms with Gasteiger partial charge in [-0.15, -0.1) is 11.3 Å². The number of alkyl halides is 3. The number of fused-ring (bicyclic) bond motifs is 1. The van der Waals surface area contributed by atoms with E-state index in [-0.39, 0.29) is 5.56 Å². The summed E-state index contributed by atoms with van der Waals surface area (Å²) in [6.07, 6.45) is -2.36. The number of thiophene rings is 1. The molecule has 0 aliphatic carbocycles. The van der Waals surface area contributed by atoms with E-state index in [4.69, 9.17) is 17.3 Å². The number of nitrogens with two attached hydrogens (primary N) is 1. The second-order valence-electron chi connectivity index (χ2n) is 7.02. The molecule has 0 radical (unpaired) electrons. The summed E-state index contributed by atoms with van der Waals surface area (Å²) >= 11 is 7.79. The van der Waals surface area contributed by atoms with Gasteiger partial charge in [0.05, 0.1) is 22.3 Å². The molecule has 3 heterocycles. The fourth-order valence-electron chi connectivity index (χ4n) is 3.25. The van der Waals surface area contributed by atoms with E-state index in [1.165, 1.54) is 18.3 Å². The van der Waals surface area contributed by atoms with Crippen LogP contribution >= 0.6 is 22.9 Å². The second kappa shape index (κ2) is 7.89. The van der Waals surface area contributed by atoms with Gasteiger partial charge in [-0.2, -0.15) is 13.2 Å².